The molecule has 1 aromatic heterocycles. The van der Waals surface area contributed by atoms with Gasteiger partial charge in [0.1, 0.15) is 5.82 Å². The molecule has 3 nitrogen and oxygen atoms in total. The van der Waals surface area contributed by atoms with Crippen molar-refractivity contribution in [2.24, 2.45) is 0 Å². The van der Waals surface area contributed by atoms with Crippen molar-refractivity contribution in [3.05, 3.63) is 54.1 Å². The highest BCUT2D eigenvalue weighted by Crippen LogP contribution is 2.24. The quantitative estimate of drug-likeness (QED) is 0.774. The second kappa shape index (κ2) is 4.86. The molecule has 3 rings (SSSR count). The molecule has 0 bridgehead atoms. The third-order valence-corrected chi connectivity index (χ3v) is 3.15. The maximum atomic E-state index is 4.68. The third-order valence-electron chi connectivity index (χ3n) is 3.15. The zero-order chi connectivity index (χ0) is 13.2. The number of rotatable bonds is 3. The lowest BCUT2D eigenvalue weighted by Crippen LogP contribution is -2.11. The highest BCUT2D eigenvalue weighted by atomic mass is 15.0. The first-order valence-electron chi connectivity index (χ1n) is 6.42. The summed E-state index contributed by atoms with van der Waals surface area (Å²) in [5, 5.41) is 0. The maximum Gasteiger partial charge on any atom is 0.138 e. The van der Waals surface area contributed by atoms with Crippen LogP contribution in [0.4, 0.5) is 0 Å². The van der Waals surface area contributed by atoms with Gasteiger partial charge in [-0.05, 0) is 31.8 Å². The molecule has 0 aliphatic rings. The summed E-state index contributed by atoms with van der Waals surface area (Å²) < 4.78 is 0. The van der Waals surface area contributed by atoms with Crippen molar-refractivity contribution in [3.8, 4) is 11.4 Å². The standard InChI is InChI=1S/C16H17N3/c1-19(2)11-12-7-3-4-8-13(12)16-17-14-9-5-6-10-15(14)18-16/h3-10H,11H2,1-2H3,(H,17,18). The molecule has 0 saturated carbocycles. The molecule has 0 radical (unpaired) electrons. The van der Waals surface area contributed by atoms with E-state index in [-0.39, 0.29) is 0 Å². The van der Waals surface area contributed by atoms with Crippen molar-refractivity contribution in [1.29, 1.82) is 0 Å². The normalized spacial score (nSPS) is 11.3. The fourth-order valence-electron chi connectivity index (χ4n) is 2.31. The van der Waals surface area contributed by atoms with Crippen LogP contribution in [-0.2, 0) is 6.54 Å². The van der Waals surface area contributed by atoms with E-state index < -0.39 is 0 Å². The molecule has 1 N–H and O–H groups in total. The van der Waals surface area contributed by atoms with Crippen molar-refractivity contribution in [1.82, 2.24) is 14.9 Å². The zero-order valence-corrected chi connectivity index (χ0v) is 11.2. The summed E-state index contributed by atoms with van der Waals surface area (Å²) in [6.45, 7) is 0.910. The fourth-order valence-corrected chi connectivity index (χ4v) is 2.31. The highest BCUT2D eigenvalue weighted by Gasteiger charge is 2.09. The molecule has 19 heavy (non-hydrogen) atoms. The Balaban J connectivity index is 2.10. The van der Waals surface area contributed by atoms with Crippen molar-refractivity contribution in [2.75, 3.05) is 14.1 Å². The smallest absolute Gasteiger partial charge is 0.138 e. The molecule has 0 atom stereocenters. The van der Waals surface area contributed by atoms with Gasteiger partial charge in [0.15, 0.2) is 0 Å². The Morgan fingerprint density at radius 3 is 2.53 bits per heavy atom. The second-order valence-electron chi connectivity index (χ2n) is 5.00. The van der Waals surface area contributed by atoms with Crippen LogP contribution in [0.25, 0.3) is 22.4 Å². The average Bonchev–Trinajstić information content (AvgIpc) is 2.82. The van der Waals surface area contributed by atoms with Crippen molar-refractivity contribution < 1.29 is 0 Å². The molecule has 3 aromatic rings. The summed E-state index contributed by atoms with van der Waals surface area (Å²) in [5.74, 6) is 0.943. The number of hydrogen-bond donors (Lipinski definition) is 1. The predicted molar refractivity (Wildman–Crippen MR) is 78.9 cm³/mol. The number of fused-ring (bicyclic) bond motifs is 1. The van der Waals surface area contributed by atoms with E-state index in [0.29, 0.717) is 0 Å². The number of aromatic nitrogens is 2. The molecule has 96 valence electrons. The first-order chi connectivity index (χ1) is 9.24. The van der Waals surface area contributed by atoms with Crippen molar-refractivity contribution >= 4 is 11.0 Å². The number of hydrogen-bond acceptors (Lipinski definition) is 2. The van der Waals surface area contributed by atoms with Gasteiger partial charge in [-0.15, -0.1) is 0 Å². The zero-order valence-electron chi connectivity index (χ0n) is 11.2. The Labute approximate surface area is 112 Å². The minimum absolute atomic E-state index is 0.910. The molecular formula is C16H17N3. The minimum Gasteiger partial charge on any atom is -0.338 e. The van der Waals surface area contributed by atoms with Crippen LogP contribution in [-0.4, -0.2) is 29.0 Å². The number of aromatic amines is 1. The molecule has 0 aliphatic carbocycles. The van der Waals surface area contributed by atoms with Gasteiger partial charge in [-0.1, -0.05) is 36.4 Å². The van der Waals surface area contributed by atoms with Crippen LogP contribution >= 0.6 is 0 Å². The first kappa shape index (κ1) is 11.9. The summed E-state index contributed by atoms with van der Waals surface area (Å²) in [4.78, 5) is 10.2. The molecule has 2 aromatic carbocycles. The number of nitrogens with zero attached hydrogens (tertiary/aromatic N) is 2. The van der Waals surface area contributed by atoms with Crippen molar-refractivity contribution in [2.45, 2.75) is 6.54 Å². The minimum atomic E-state index is 0.910. The van der Waals surface area contributed by atoms with Gasteiger partial charge >= 0.3 is 0 Å². The third kappa shape index (κ3) is 2.37. The summed E-state index contributed by atoms with van der Waals surface area (Å²) >= 11 is 0. The molecule has 3 heteroatoms. The summed E-state index contributed by atoms with van der Waals surface area (Å²) in [6.07, 6.45) is 0. The number of H-pyrrole nitrogens is 1. The van der Waals surface area contributed by atoms with Gasteiger partial charge in [-0.25, -0.2) is 4.98 Å². The SMILES string of the molecule is CN(C)Cc1ccccc1-c1nc2ccccc2[nH]1. The van der Waals surface area contributed by atoms with E-state index in [9.17, 15) is 0 Å². The van der Waals surface area contributed by atoms with E-state index >= 15 is 0 Å². The average molecular weight is 251 g/mol. The molecule has 0 fully saturated rings. The Hall–Kier alpha value is -2.13. The molecule has 0 spiro atoms. The van der Waals surface area contributed by atoms with Crippen LogP contribution < -0.4 is 0 Å². The molecule has 0 amide bonds. The van der Waals surface area contributed by atoms with Crippen LogP contribution in [0.3, 0.4) is 0 Å². The predicted octanol–water partition coefficient (Wildman–Crippen LogP) is 3.29. The van der Waals surface area contributed by atoms with Gasteiger partial charge in [0, 0.05) is 12.1 Å². The van der Waals surface area contributed by atoms with Gasteiger partial charge in [0.2, 0.25) is 0 Å². The van der Waals surface area contributed by atoms with E-state index in [1.807, 2.05) is 18.2 Å². The maximum absolute atomic E-state index is 4.68. The van der Waals surface area contributed by atoms with Gasteiger partial charge in [-0.3, -0.25) is 0 Å². The van der Waals surface area contributed by atoms with E-state index in [2.05, 4.69) is 59.3 Å². The Morgan fingerprint density at radius 2 is 1.74 bits per heavy atom. The number of benzene rings is 2. The largest absolute Gasteiger partial charge is 0.338 e. The Kier molecular flexibility index (Phi) is 3.05. The van der Waals surface area contributed by atoms with Crippen molar-refractivity contribution in [3.63, 3.8) is 0 Å². The van der Waals surface area contributed by atoms with Gasteiger partial charge in [-0.2, -0.15) is 0 Å². The van der Waals surface area contributed by atoms with Crippen LogP contribution in [0, 0.1) is 0 Å². The van der Waals surface area contributed by atoms with Gasteiger partial charge in [0.05, 0.1) is 11.0 Å². The van der Waals surface area contributed by atoms with E-state index in [0.717, 1.165) is 23.4 Å². The molecule has 1 heterocycles. The number of imidazole rings is 1. The van der Waals surface area contributed by atoms with E-state index in [1.165, 1.54) is 11.1 Å². The molecule has 0 aliphatic heterocycles. The first-order valence-corrected chi connectivity index (χ1v) is 6.42. The number of para-hydroxylation sites is 2. The highest BCUT2D eigenvalue weighted by molar-refractivity contribution is 5.79. The Bertz CT molecular complexity index is 665. The van der Waals surface area contributed by atoms with E-state index in [4.69, 9.17) is 0 Å². The topological polar surface area (TPSA) is 31.9 Å². The van der Waals surface area contributed by atoms with Crippen LogP contribution in [0.5, 0.6) is 0 Å². The molecule has 0 saturated heterocycles. The van der Waals surface area contributed by atoms with Gasteiger partial charge < -0.3 is 9.88 Å². The lowest BCUT2D eigenvalue weighted by atomic mass is 10.1. The lowest BCUT2D eigenvalue weighted by molar-refractivity contribution is 0.403. The lowest BCUT2D eigenvalue weighted by Gasteiger charge is -2.12. The summed E-state index contributed by atoms with van der Waals surface area (Å²) in [7, 11) is 4.16. The van der Waals surface area contributed by atoms with Crippen LogP contribution in [0.1, 0.15) is 5.56 Å². The summed E-state index contributed by atoms with van der Waals surface area (Å²) in [5.41, 5.74) is 4.55. The number of nitrogens with one attached hydrogen (secondary N) is 1. The second-order valence-corrected chi connectivity index (χ2v) is 5.00. The fraction of sp³-hybridized carbons (Fsp3) is 0.188. The van der Waals surface area contributed by atoms with Crippen LogP contribution in [0.15, 0.2) is 48.5 Å². The Morgan fingerprint density at radius 1 is 1.00 bits per heavy atom. The summed E-state index contributed by atoms with van der Waals surface area (Å²) in [6, 6.07) is 16.5. The van der Waals surface area contributed by atoms with E-state index in [1.54, 1.807) is 0 Å². The molecule has 0 unspecified atom stereocenters. The monoisotopic (exact) mass is 251 g/mol. The molecular weight excluding hydrogens is 234 g/mol. The van der Waals surface area contributed by atoms with Gasteiger partial charge in [0.25, 0.3) is 0 Å². The van der Waals surface area contributed by atoms with Crippen LogP contribution in [0.2, 0.25) is 0 Å².